The summed E-state index contributed by atoms with van der Waals surface area (Å²) < 4.78 is 77.4. The fraction of sp³-hybridized carbons (Fsp3) is 0.577. The lowest BCUT2D eigenvalue weighted by Crippen LogP contribution is -2.55. The number of carboxylic acid groups (broad SMARTS) is 1. The second-order valence-corrected chi connectivity index (χ2v) is 9.93. The van der Waals surface area contributed by atoms with E-state index in [9.17, 15) is 35.9 Å². The molecule has 1 spiro atoms. The number of carbonyl (C=O) groups excluding carboxylic acids is 2. The molecule has 3 aliphatic rings. The van der Waals surface area contributed by atoms with E-state index in [1.165, 1.54) is 11.0 Å². The SMILES string of the molecule is O=C(O)C(F)(F)F.O=C1c2cc(C(F)(F)F)ccc2OC/C=C\CCC2(CCNCC2)C(=O)N[C@@H]2CCCN1C2. The molecule has 0 aromatic heterocycles. The number of fused-ring (bicyclic) bond motifs is 3. The van der Waals surface area contributed by atoms with E-state index in [0.29, 0.717) is 19.4 Å². The zero-order chi connectivity index (χ0) is 29.6. The Kier molecular flexibility index (Phi) is 10.1. The molecule has 8 nitrogen and oxygen atoms in total. The first kappa shape index (κ1) is 31.2. The minimum absolute atomic E-state index is 0.0163. The Balaban J connectivity index is 0.000000559. The third-order valence-electron chi connectivity index (χ3n) is 7.16. The lowest BCUT2D eigenvalue weighted by Gasteiger charge is -2.39. The fourth-order valence-corrected chi connectivity index (χ4v) is 4.97. The molecule has 2 fully saturated rings. The maximum Gasteiger partial charge on any atom is 0.490 e. The smallest absolute Gasteiger partial charge is 0.489 e. The molecule has 2 bridgehead atoms. The van der Waals surface area contributed by atoms with Crippen molar-refractivity contribution in [1.82, 2.24) is 15.5 Å². The molecule has 1 atom stereocenters. The molecule has 3 aliphatic heterocycles. The van der Waals surface area contributed by atoms with Crippen molar-refractivity contribution >= 4 is 17.8 Å². The van der Waals surface area contributed by atoms with Crippen LogP contribution in [-0.2, 0) is 15.8 Å². The van der Waals surface area contributed by atoms with Gasteiger partial charge in [-0.2, -0.15) is 26.3 Å². The van der Waals surface area contributed by atoms with E-state index in [-0.39, 0.29) is 36.4 Å². The monoisotopic (exact) mass is 579 g/mol. The Morgan fingerprint density at radius 1 is 1.05 bits per heavy atom. The average molecular weight is 580 g/mol. The predicted molar refractivity (Wildman–Crippen MR) is 131 cm³/mol. The summed E-state index contributed by atoms with van der Waals surface area (Å²) in [6, 6.07) is 2.79. The average Bonchev–Trinajstić information content (AvgIpc) is 2.90. The first-order valence-corrected chi connectivity index (χ1v) is 12.8. The molecular weight excluding hydrogens is 548 g/mol. The van der Waals surface area contributed by atoms with Gasteiger partial charge in [0.1, 0.15) is 12.4 Å². The second-order valence-electron chi connectivity index (χ2n) is 9.93. The normalized spacial score (nSPS) is 22.9. The van der Waals surface area contributed by atoms with Gasteiger partial charge in [-0.3, -0.25) is 9.59 Å². The molecule has 1 aromatic rings. The summed E-state index contributed by atoms with van der Waals surface area (Å²) in [7, 11) is 0. The van der Waals surface area contributed by atoms with Crippen LogP contribution in [0.4, 0.5) is 26.3 Å². The number of carboxylic acids is 1. The van der Waals surface area contributed by atoms with Gasteiger partial charge in [0.2, 0.25) is 5.91 Å². The van der Waals surface area contributed by atoms with Gasteiger partial charge in [0.25, 0.3) is 5.91 Å². The molecular formula is C26H31F6N3O5. The molecule has 3 heterocycles. The topological polar surface area (TPSA) is 108 Å². The van der Waals surface area contributed by atoms with Crippen LogP contribution in [0.1, 0.15) is 54.4 Å². The van der Waals surface area contributed by atoms with E-state index in [0.717, 1.165) is 50.9 Å². The van der Waals surface area contributed by atoms with Gasteiger partial charge < -0.3 is 25.4 Å². The maximum absolute atomic E-state index is 13.3. The highest BCUT2D eigenvalue weighted by Crippen LogP contribution is 2.36. The minimum atomic E-state index is -5.08. The zero-order valence-corrected chi connectivity index (χ0v) is 21.5. The number of aliphatic carboxylic acids is 1. The molecule has 4 rings (SSSR count). The molecule has 3 N–H and O–H groups in total. The third-order valence-corrected chi connectivity index (χ3v) is 7.16. The molecule has 1 aromatic carbocycles. The van der Waals surface area contributed by atoms with Crippen LogP contribution in [0, 0.1) is 5.41 Å². The fourth-order valence-electron chi connectivity index (χ4n) is 4.97. The number of alkyl halides is 6. The van der Waals surface area contributed by atoms with E-state index >= 15 is 0 Å². The Bertz CT molecular complexity index is 1100. The van der Waals surface area contributed by atoms with E-state index in [2.05, 4.69) is 10.6 Å². The number of nitrogens with one attached hydrogen (secondary N) is 2. The molecule has 2 saturated heterocycles. The summed E-state index contributed by atoms with van der Waals surface area (Å²) in [5.41, 5.74) is -1.44. The van der Waals surface area contributed by atoms with Gasteiger partial charge in [-0.25, -0.2) is 4.79 Å². The Morgan fingerprint density at radius 2 is 1.73 bits per heavy atom. The van der Waals surface area contributed by atoms with Gasteiger partial charge in [-0.05, 0) is 69.8 Å². The van der Waals surface area contributed by atoms with E-state index in [1.807, 2.05) is 6.08 Å². The summed E-state index contributed by atoms with van der Waals surface area (Å²) in [6.45, 7) is 2.40. The highest BCUT2D eigenvalue weighted by molar-refractivity contribution is 5.97. The number of amides is 2. The highest BCUT2D eigenvalue weighted by Gasteiger charge is 2.41. The molecule has 0 saturated carbocycles. The van der Waals surface area contributed by atoms with Gasteiger partial charge in [0.05, 0.1) is 16.5 Å². The zero-order valence-electron chi connectivity index (χ0n) is 21.5. The van der Waals surface area contributed by atoms with Crippen LogP contribution in [0.3, 0.4) is 0 Å². The van der Waals surface area contributed by atoms with Crippen LogP contribution in [0.2, 0.25) is 0 Å². The van der Waals surface area contributed by atoms with Crippen LogP contribution in [0.15, 0.2) is 30.4 Å². The quantitative estimate of drug-likeness (QED) is 0.315. The number of nitrogens with zero attached hydrogens (tertiary/aromatic N) is 1. The molecule has 0 unspecified atom stereocenters. The van der Waals surface area contributed by atoms with Crippen LogP contribution in [0.25, 0.3) is 0 Å². The van der Waals surface area contributed by atoms with Crippen molar-refractivity contribution in [1.29, 1.82) is 0 Å². The van der Waals surface area contributed by atoms with Gasteiger partial charge >= 0.3 is 18.3 Å². The van der Waals surface area contributed by atoms with Crippen LogP contribution < -0.4 is 15.4 Å². The van der Waals surface area contributed by atoms with Crippen LogP contribution in [-0.4, -0.2) is 72.8 Å². The summed E-state index contributed by atoms with van der Waals surface area (Å²) in [4.78, 5) is 37.1. The Hall–Kier alpha value is -3.29. The number of benzene rings is 1. The number of hydrogen-bond donors (Lipinski definition) is 3. The van der Waals surface area contributed by atoms with Crippen molar-refractivity contribution < 1.29 is 50.6 Å². The van der Waals surface area contributed by atoms with Crippen molar-refractivity contribution in [3.05, 3.63) is 41.5 Å². The second kappa shape index (κ2) is 12.9. The standard InChI is InChI=1S/C24H30F3N3O3.C2HF3O2/c25-24(26,27)17-6-7-20-19(15-17)21(31)30-13-4-5-18(16-30)29-22(32)23(9-11-28-12-10-23)8-2-1-3-14-33-20;3-2(4,5)1(6)7/h1,3,6-7,15,18,28H,2,4-5,8-14,16H2,(H,29,32);(H,6,7)/b3-1-;/t18-;/m1./s1. The Labute approximate surface area is 226 Å². The van der Waals surface area contributed by atoms with Crippen molar-refractivity contribution in [2.24, 2.45) is 5.41 Å². The molecule has 40 heavy (non-hydrogen) atoms. The molecule has 0 aliphatic carbocycles. The lowest BCUT2D eigenvalue weighted by atomic mass is 9.74. The van der Waals surface area contributed by atoms with Crippen LogP contribution >= 0.6 is 0 Å². The predicted octanol–water partition coefficient (Wildman–Crippen LogP) is 4.16. The summed E-state index contributed by atoms with van der Waals surface area (Å²) in [5.74, 6) is -3.12. The first-order chi connectivity index (χ1) is 18.7. The van der Waals surface area contributed by atoms with E-state index < -0.39 is 35.2 Å². The van der Waals surface area contributed by atoms with Gasteiger partial charge in [-0.1, -0.05) is 12.2 Å². The van der Waals surface area contributed by atoms with Crippen molar-refractivity contribution in [3.8, 4) is 5.75 Å². The molecule has 14 heteroatoms. The molecule has 2 amide bonds. The number of carbonyl (C=O) groups is 3. The number of hydrogen-bond acceptors (Lipinski definition) is 5. The number of piperidine rings is 2. The molecule has 222 valence electrons. The summed E-state index contributed by atoms with van der Waals surface area (Å²) in [6.07, 6.45) is -1.59. The number of halogens is 6. The summed E-state index contributed by atoms with van der Waals surface area (Å²) in [5, 5.41) is 13.6. The van der Waals surface area contributed by atoms with Gasteiger partial charge in [-0.15, -0.1) is 0 Å². The lowest BCUT2D eigenvalue weighted by molar-refractivity contribution is -0.192. The summed E-state index contributed by atoms with van der Waals surface area (Å²) >= 11 is 0. The van der Waals surface area contributed by atoms with Crippen molar-refractivity contribution in [2.75, 3.05) is 32.8 Å². The first-order valence-electron chi connectivity index (χ1n) is 12.8. The van der Waals surface area contributed by atoms with E-state index in [4.69, 9.17) is 14.6 Å². The van der Waals surface area contributed by atoms with E-state index in [1.54, 1.807) is 6.08 Å². The minimum Gasteiger partial charge on any atom is -0.489 e. The largest absolute Gasteiger partial charge is 0.490 e. The Morgan fingerprint density at radius 3 is 2.35 bits per heavy atom. The van der Waals surface area contributed by atoms with Crippen molar-refractivity contribution in [2.45, 2.75) is 56.9 Å². The van der Waals surface area contributed by atoms with Crippen LogP contribution in [0.5, 0.6) is 5.75 Å². The third kappa shape index (κ3) is 8.12. The number of ether oxygens (including phenoxy) is 1. The number of rotatable bonds is 0. The van der Waals surface area contributed by atoms with Gasteiger partial charge in [0.15, 0.2) is 0 Å². The van der Waals surface area contributed by atoms with Crippen molar-refractivity contribution in [3.63, 3.8) is 0 Å². The van der Waals surface area contributed by atoms with Gasteiger partial charge in [0, 0.05) is 19.1 Å². The highest BCUT2D eigenvalue weighted by atomic mass is 19.4. The number of allylic oxidation sites excluding steroid dienone is 1. The maximum atomic E-state index is 13.3. The molecule has 0 radical (unpaired) electrons.